The van der Waals surface area contributed by atoms with Crippen LogP contribution in [0.4, 0.5) is 0 Å². The maximum absolute atomic E-state index is 12.6. The normalized spacial score (nSPS) is 11.6. The summed E-state index contributed by atoms with van der Waals surface area (Å²) >= 11 is 5.48. The van der Waals surface area contributed by atoms with E-state index in [4.69, 9.17) is 4.74 Å². The minimum atomic E-state index is -0.309. The number of benzene rings is 3. The van der Waals surface area contributed by atoms with Gasteiger partial charge in [0.25, 0.3) is 5.91 Å². The number of methoxy groups -OCH3 is 1. The van der Waals surface area contributed by atoms with E-state index in [9.17, 15) is 9.90 Å². The van der Waals surface area contributed by atoms with E-state index in [1.165, 1.54) is 23.5 Å². The third-order valence-corrected chi connectivity index (χ3v) is 8.13. The number of carbonyl (C=O) groups is 1. The number of aromatic nitrogens is 3. The van der Waals surface area contributed by atoms with Gasteiger partial charge in [-0.15, -0.1) is 10.2 Å². The van der Waals surface area contributed by atoms with Gasteiger partial charge in [0.15, 0.2) is 11.0 Å². The molecule has 3 aromatic carbocycles. The first kappa shape index (κ1) is 29.3. The van der Waals surface area contributed by atoms with Gasteiger partial charge in [-0.3, -0.25) is 9.36 Å². The Morgan fingerprint density at radius 3 is 2.44 bits per heavy atom. The third kappa shape index (κ3) is 7.31. The fourth-order valence-electron chi connectivity index (χ4n) is 3.65. The lowest BCUT2D eigenvalue weighted by molar-refractivity contribution is -0.118. The number of hydrazone groups is 1. The first-order chi connectivity index (χ1) is 18.6. The quantitative estimate of drug-likeness (QED) is 0.0933. The molecule has 39 heavy (non-hydrogen) atoms. The number of phenols is 1. The zero-order chi connectivity index (χ0) is 28.2. The van der Waals surface area contributed by atoms with Crippen LogP contribution >= 0.6 is 56.9 Å². The number of nitrogens with one attached hydrogen (secondary N) is 1. The van der Waals surface area contributed by atoms with Crippen molar-refractivity contribution in [2.45, 2.75) is 31.3 Å². The van der Waals surface area contributed by atoms with Gasteiger partial charge in [0.1, 0.15) is 11.5 Å². The fraction of sp³-hybridized carbons (Fsp3) is 0.214. The molecule has 1 heterocycles. The smallest absolute Gasteiger partial charge is 0.250 e. The highest BCUT2D eigenvalue weighted by molar-refractivity contribution is 14.1. The van der Waals surface area contributed by atoms with E-state index in [0.717, 1.165) is 20.6 Å². The number of rotatable bonds is 8. The van der Waals surface area contributed by atoms with Gasteiger partial charge in [0.05, 0.1) is 22.6 Å². The Hall–Kier alpha value is -2.65. The van der Waals surface area contributed by atoms with Crippen molar-refractivity contribution in [3.05, 3.63) is 78.9 Å². The van der Waals surface area contributed by atoms with E-state index >= 15 is 0 Å². The second-order valence-electron chi connectivity index (χ2n) is 9.57. The van der Waals surface area contributed by atoms with Crippen LogP contribution in [0.3, 0.4) is 0 Å². The summed E-state index contributed by atoms with van der Waals surface area (Å²) in [5.74, 6) is 1.30. The number of halogens is 2. The largest absolute Gasteiger partial charge is 0.506 e. The molecule has 0 bridgehead atoms. The van der Waals surface area contributed by atoms with Crippen molar-refractivity contribution in [2.24, 2.45) is 5.10 Å². The highest BCUT2D eigenvalue weighted by Crippen LogP contribution is 2.31. The average Bonchev–Trinajstić information content (AvgIpc) is 3.33. The van der Waals surface area contributed by atoms with Gasteiger partial charge in [-0.1, -0.05) is 56.8 Å². The molecule has 2 N–H and O–H groups in total. The van der Waals surface area contributed by atoms with Gasteiger partial charge in [-0.25, -0.2) is 5.43 Å². The van der Waals surface area contributed by atoms with Crippen LogP contribution in [0.1, 0.15) is 31.9 Å². The lowest BCUT2D eigenvalue weighted by Crippen LogP contribution is -2.20. The number of phenolic OH excluding ortho intramolecular Hbond substituents is 1. The lowest BCUT2D eigenvalue weighted by atomic mass is 9.87. The van der Waals surface area contributed by atoms with Crippen LogP contribution in [0.5, 0.6) is 11.5 Å². The molecule has 0 aliphatic carbocycles. The molecule has 4 aromatic rings. The SMILES string of the molecule is COc1ccc(-n2c(SCC(=O)N/N=C/c3cc(I)cc(I)c3O)nnc2-c2ccc(C(C)(C)C)cc2)cc1. The third-order valence-electron chi connectivity index (χ3n) is 5.76. The molecule has 0 aliphatic rings. The van der Waals surface area contributed by atoms with E-state index in [1.807, 2.05) is 47.0 Å². The minimum absolute atomic E-state index is 0.0369. The number of amides is 1. The predicted molar refractivity (Wildman–Crippen MR) is 172 cm³/mol. The summed E-state index contributed by atoms with van der Waals surface area (Å²) in [7, 11) is 1.62. The van der Waals surface area contributed by atoms with Gasteiger partial charge in [0.2, 0.25) is 0 Å². The van der Waals surface area contributed by atoms with Crippen LogP contribution < -0.4 is 10.2 Å². The molecule has 0 saturated heterocycles. The monoisotopic (exact) mass is 767 g/mol. The molecule has 1 aromatic heterocycles. The zero-order valence-corrected chi connectivity index (χ0v) is 26.9. The lowest BCUT2D eigenvalue weighted by Gasteiger charge is -2.19. The highest BCUT2D eigenvalue weighted by atomic mass is 127. The van der Waals surface area contributed by atoms with Crippen molar-refractivity contribution in [1.29, 1.82) is 0 Å². The summed E-state index contributed by atoms with van der Waals surface area (Å²) in [6.45, 7) is 6.53. The average molecular weight is 767 g/mol. The van der Waals surface area contributed by atoms with E-state index in [-0.39, 0.29) is 22.8 Å². The Morgan fingerprint density at radius 1 is 1.10 bits per heavy atom. The molecule has 11 heteroatoms. The first-order valence-electron chi connectivity index (χ1n) is 11.9. The molecule has 4 rings (SSSR count). The maximum atomic E-state index is 12.6. The number of hydrogen-bond donors (Lipinski definition) is 2. The number of ether oxygens (including phenoxy) is 1. The van der Waals surface area contributed by atoms with Crippen molar-refractivity contribution in [1.82, 2.24) is 20.2 Å². The molecule has 0 spiro atoms. The molecular weight excluding hydrogens is 740 g/mol. The van der Waals surface area contributed by atoms with Crippen molar-refractivity contribution in [3.8, 4) is 28.6 Å². The Kier molecular flexibility index (Phi) is 9.54. The number of carbonyl (C=O) groups excluding carboxylic acids is 1. The number of thioether (sulfide) groups is 1. The molecule has 0 unspecified atom stereocenters. The van der Waals surface area contributed by atoms with Crippen LogP contribution in [-0.2, 0) is 10.2 Å². The van der Waals surface area contributed by atoms with Crippen LogP contribution in [0, 0.1) is 7.14 Å². The van der Waals surface area contributed by atoms with Crippen LogP contribution in [0.15, 0.2) is 70.9 Å². The van der Waals surface area contributed by atoms with Gasteiger partial charge in [0, 0.05) is 20.4 Å². The second-order valence-corrected chi connectivity index (χ2v) is 12.9. The summed E-state index contributed by atoms with van der Waals surface area (Å²) in [6.07, 6.45) is 1.43. The molecule has 0 fully saturated rings. The summed E-state index contributed by atoms with van der Waals surface area (Å²) < 4.78 is 8.92. The Balaban J connectivity index is 1.55. The van der Waals surface area contributed by atoms with Crippen LogP contribution in [0.25, 0.3) is 17.1 Å². The Morgan fingerprint density at radius 2 is 1.79 bits per heavy atom. The predicted octanol–water partition coefficient (Wildman–Crippen LogP) is 6.40. The van der Waals surface area contributed by atoms with Crippen molar-refractivity contribution < 1.29 is 14.6 Å². The van der Waals surface area contributed by atoms with Gasteiger partial charge < -0.3 is 9.84 Å². The van der Waals surface area contributed by atoms with Crippen LogP contribution in [0.2, 0.25) is 0 Å². The maximum Gasteiger partial charge on any atom is 0.250 e. The molecule has 202 valence electrons. The topological polar surface area (TPSA) is 102 Å². The van der Waals surface area contributed by atoms with E-state index < -0.39 is 0 Å². The molecule has 8 nitrogen and oxygen atoms in total. The molecule has 0 atom stereocenters. The minimum Gasteiger partial charge on any atom is -0.506 e. The van der Waals surface area contributed by atoms with Gasteiger partial charge >= 0.3 is 0 Å². The van der Waals surface area contributed by atoms with Gasteiger partial charge in [-0.05, 0) is 92.6 Å². The van der Waals surface area contributed by atoms with E-state index in [1.54, 1.807) is 13.2 Å². The summed E-state index contributed by atoms with van der Waals surface area (Å²) in [4.78, 5) is 12.6. The highest BCUT2D eigenvalue weighted by Gasteiger charge is 2.19. The molecule has 0 radical (unpaired) electrons. The van der Waals surface area contributed by atoms with E-state index in [0.29, 0.717) is 20.1 Å². The Labute approximate surface area is 258 Å². The van der Waals surface area contributed by atoms with Crippen molar-refractivity contribution >= 4 is 69.1 Å². The zero-order valence-electron chi connectivity index (χ0n) is 21.8. The molecule has 1 amide bonds. The molecule has 0 saturated carbocycles. The van der Waals surface area contributed by atoms with E-state index in [2.05, 4.69) is 98.8 Å². The fourth-order valence-corrected chi connectivity index (χ4v) is 6.29. The van der Waals surface area contributed by atoms with Crippen molar-refractivity contribution in [3.63, 3.8) is 0 Å². The summed E-state index contributed by atoms with van der Waals surface area (Å²) in [5.41, 5.74) is 6.07. The standard InChI is InChI=1S/C28H27I2N5O3S/c1-28(2,3)19-7-5-17(6-8-19)26-33-34-27(35(26)21-9-11-22(38-4)12-10-21)39-16-24(36)32-31-15-18-13-20(29)14-23(30)25(18)37/h5-15,37H,16H2,1-4H3,(H,32,36)/b31-15+. The van der Waals surface area contributed by atoms with Gasteiger partial charge in [-0.2, -0.15) is 5.10 Å². The Bertz CT molecular complexity index is 1500. The number of hydrogen-bond acceptors (Lipinski definition) is 7. The van der Waals surface area contributed by atoms with Crippen LogP contribution in [-0.4, -0.2) is 44.9 Å². The first-order valence-corrected chi connectivity index (χ1v) is 15.0. The summed E-state index contributed by atoms with van der Waals surface area (Å²) in [5, 5.41) is 23.7. The van der Waals surface area contributed by atoms with Crippen molar-refractivity contribution in [2.75, 3.05) is 12.9 Å². The number of aromatic hydroxyl groups is 1. The summed E-state index contributed by atoms with van der Waals surface area (Å²) in [6, 6.07) is 19.5. The number of nitrogens with zero attached hydrogens (tertiary/aromatic N) is 4. The molecular formula is C28H27I2N5O3S. The molecule has 0 aliphatic heterocycles. The second kappa shape index (κ2) is 12.7.